The molecule has 1 aliphatic rings. The zero-order valence-electron chi connectivity index (χ0n) is 16.0. The number of ketones is 1. The molecule has 1 fully saturated rings. The second kappa shape index (κ2) is 7.98. The van der Waals surface area contributed by atoms with Crippen LogP contribution in [0, 0.1) is 5.92 Å². The molecule has 1 saturated heterocycles. The molecule has 5 heteroatoms. The Balaban J connectivity index is 1.45. The summed E-state index contributed by atoms with van der Waals surface area (Å²) in [4.78, 5) is 31.1. The van der Waals surface area contributed by atoms with Gasteiger partial charge >= 0.3 is 0 Å². The average molecular weight is 375 g/mol. The predicted octanol–water partition coefficient (Wildman–Crippen LogP) is 4.09. The molecule has 1 aromatic heterocycles. The van der Waals surface area contributed by atoms with Crippen LogP contribution in [-0.2, 0) is 4.79 Å². The van der Waals surface area contributed by atoms with Crippen LogP contribution >= 0.6 is 0 Å². The summed E-state index contributed by atoms with van der Waals surface area (Å²) < 4.78 is 0. The summed E-state index contributed by atoms with van der Waals surface area (Å²) >= 11 is 0. The summed E-state index contributed by atoms with van der Waals surface area (Å²) in [7, 11) is 0. The van der Waals surface area contributed by atoms with Crippen molar-refractivity contribution >= 4 is 28.3 Å². The van der Waals surface area contributed by atoms with E-state index in [2.05, 4.69) is 15.2 Å². The van der Waals surface area contributed by atoms with Crippen molar-refractivity contribution in [2.45, 2.75) is 25.8 Å². The molecule has 28 heavy (non-hydrogen) atoms. The number of aromatic nitrogens is 1. The Morgan fingerprint density at radius 2 is 1.86 bits per heavy atom. The molecular formula is C23H25N3O2. The first-order chi connectivity index (χ1) is 13.6. The minimum Gasteiger partial charge on any atom is -0.360 e. The minimum atomic E-state index is -0.258. The molecule has 1 aliphatic heterocycles. The van der Waals surface area contributed by atoms with E-state index in [-0.39, 0.29) is 23.7 Å². The molecule has 0 unspecified atom stereocenters. The number of anilines is 1. The third-order valence-electron chi connectivity index (χ3n) is 5.65. The number of hydrogen-bond acceptors (Lipinski definition) is 3. The van der Waals surface area contributed by atoms with Crippen LogP contribution < -0.4 is 5.32 Å². The van der Waals surface area contributed by atoms with Gasteiger partial charge in [0.2, 0.25) is 5.91 Å². The Morgan fingerprint density at radius 1 is 1.11 bits per heavy atom. The number of likely N-dealkylation sites (tertiary alicyclic amines) is 1. The van der Waals surface area contributed by atoms with Crippen LogP contribution in [0.3, 0.4) is 0 Å². The maximum Gasteiger partial charge on any atom is 0.228 e. The Morgan fingerprint density at radius 3 is 2.68 bits per heavy atom. The van der Waals surface area contributed by atoms with Crippen molar-refractivity contribution in [1.82, 2.24) is 9.88 Å². The van der Waals surface area contributed by atoms with Gasteiger partial charge in [0.15, 0.2) is 5.78 Å². The molecule has 0 aliphatic carbocycles. The van der Waals surface area contributed by atoms with Gasteiger partial charge in [-0.3, -0.25) is 14.5 Å². The van der Waals surface area contributed by atoms with Crippen LogP contribution in [0.1, 0.15) is 30.1 Å². The summed E-state index contributed by atoms with van der Waals surface area (Å²) in [5.74, 6) is 0.0244. The highest BCUT2D eigenvalue weighted by molar-refractivity contribution is 6.10. The molecule has 4 rings (SSSR count). The van der Waals surface area contributed by atoms with Gasteiger partial charge in [-0.1, -0.05) is 36.4 Å². The first kappa shape index (κ1) is 18.4. The third kappa shape index (κ3) is 3.71. The summed E-state index contributed by atoms with van der Waals surface area (Å²) in [5.41, 5.74) is 2.50. The number of benzene rings is 2. The number of Topliss-reactive ketones (excluding diaryl/α,β-unsaturated/α-hetero) is 1. The number of H-pyrrole nitrogens is 1. The van der Waals surface area contributed by atoms with E-state index in [0.717, 1.165) is 41.5 Å². The third-order valence-corrected chi connectivity index (χ3v) is 5.65. The standard InChI is InChI=1S/C23H25N3O2/c1-16(22(27)20-14-24-21-12-6-5-11-19(20)21)26-13-7-8-17(15-26)23(28)25-18-9-3-2-4-10-18/h2-6,9-12,14,16-17,24H,7-8,13,15H2,1H3,(H,25,28)/t16-,17-/m0/s1. The summed E-state index contributed by atoms with van der Waals surface area (Å²) in [6, 6.07) is 17.1. The molecule has 5 nitrogen and oxygen atoms in total. The monoisotopic (exact) mass is 375 g/mol. The number of carbonyl (C=O) groups excluding carboxylic acids is 2. The molecule has 2 aromatic carbocycles. The second-order valence-corrected chi connectivity index (χ2v) is 7.48. The van der Waals surface area contributed by atoms with E-state index >= 15 is 0 Å². The molecule has 2 N–H and O–H groups in total. The summed E-state index contributed by atoms with van der Waals surface area (Å²) in [6.45, 7) is 3.39. The lowest BCUT2D eigenvalue weighted by molar-refractivity contribution is -0.121. The Kier molecular flexibility index (Phi) is 5.26. The number of amides is 1. The number of carbonyl (C=O) groups is 2. The Bertz CT molecular complexity index is 980. The number of rotatable bonds is 5. The molecule has 0 saturated carbocycles. The largest absolute Gasteiger partial charge is 0.360 e. The maximum atomic E-state index is 13.1. The SMILES string of the molecule is C[C@@H](C(=O)c1c[nH]c2ccccc12)N1CCC[C@H](C(=O)Nc2ccccc2)C1. The van der Waals surface area contributed by atoms with E-state index in [1.807, 2.05) is 61.5 Å². The zero-order valence-corrected chi connectivity index (χ0v) is 16.0. The molecule has 0 radical (unpaired) electrons. The van der Waals surface area contributed by atoms with E-state index in [0.29, 0.717) is 6.54 Å². The molecule has 1 amide bonds. The molecular weight excluding hydrogens is 350 g/mol. The molecule has 2 heterocycles. The minimum absolute atomic E-state index is 0.0302. The van der Waals surface area contributed by atoms with Crippen LogP contribution in [0.15, 0.2) is 60.8 Å². The van der Waals surface area contributed by atoms with Gasteiger partial charge in [0.1, 0.15) is 0 Å². The average Bonchev–Trinajstić information content (AvgIpc) is 3.17. The normalized spacial score (nSPS) is 18.7. The van der Waals surface area contributed by atoms with Crippen LogP contribution in [-0.4, -0.2) is 40.7 Å². The molecule has 0 bridgehead atoms. The van der Waals surface area contributed by atoms with Crippen LogP contribution in [0.5, 0.6) is 0 Å². The number of aromatic amines is 1. The molecule has 0 spiro atoms. The summed E-state index contributed by atoms with van der Waals surface area (Å²) in [5, 5.41) is 3.95. The van der Waals surface area contributed by atoms with Gasteiger partial charge in [0.25, 0.3) is 0 Å². The molecule has 144 valence electrons. The fraction of sp³-hybridized carbons (Fsp3) is 0.304. The van der Waals surface area contributed by atoms with Gasteiger partial charge in [-0.2, -0.15) is 0 Å². The highest BCUT2D eigenvalue weighted by Gasteiger charge is 2.31. The van der Waals surface area contributed by atoms with E-state index in [4.69, 9.17) is 0 Å². The van der Waals surface area contributed by atoms with Crippen molar-refractivity contribution in [2.24, 2.45) is 5.92 Å². The van der Waals surface area contributed by atoms with Crippen LogP contribution in [0.2, 0.25) is 0 Å². The van der Waals surface area contributed by atoms with Gasteiger partial charge in [-0.15, -0.1) is 0 Å². The second-order valence-electron chi connectivity index (χ2n) is 7.48. The first-order valence-corrected chi connectivity index (χ1v) is 9.84. The van der Waals surface area contributed by atoms with Crippen LogP contribution in [0.25, 0.3) is 10.9 Å². The van der Waals surface area contributed by atoms with Crippen molar-refractivity contribution in [3.63, 3.8) is 0 Å². The lowest BCUT2D eigenvalue weighted by Gasteiger charge is -2.35. The van der Waals surface area contributed by atoms with Crippen molar-refractivity contribution < 1.29 is 9.59 Å². The van der Waals surface area contributed by atoms with Crippen LogP contribution in [0.4, 0.5) is 5.69 Å². The van der Waals surface area contributed by atoms with E-state index < -0.39 is 0 Å². The molecule has 2 atom stereocenters. The lowest BCUT2D eigenvalue weighted by Crippen LogP contribution is -2.47. The lowest BCUT2D eigenvalue weighted by atomic mass is 9.94. The van der Waals surface area contributed by atoms with Crippen molar-refractivity contribution in [3.8, 4) is 0 Å². The van der Waals surface area contributed by atoms with Gasteiger partial charge in [0.05, 0.1) is 12.0 Å². The van der Waals surface area contributed by atoms with E-state index in [1.54, 1.807) is 6.20 Å². The topological polar surface area (TPSA) is 65.2 Å². The number of nitrogens with zero attached hydrogens (tertiary/aromatic N) is 1. The quantitative estimate of drug-likeness (QED) is 0.660. The van der Waals surface area contributed by atoms with Crippen molar-refractivity contribution in [3.05, 3.63) is 66.4 Å². The van der Waals surface area contributed by atoms with Gasteiger partial charge in [0, 0.05) is 34.9 Å². The number of hydrogen-bond donors (Lipinski definition) is 2. The van der Waals surface area contributed by atoms with Crippen molar-refractivity contribution in [1.29, 1.82) is 0 Å². The number of para-hydroxylation sites is 2. The zero-order chi connectivity index (χ0) is 19.5. The number of nitrogens with one attached hydrogen (secondary N) is 2. The molecule has 3 aromatic rings. The Labute approximate surface area is 164 Å². The number of fused-ring (bicyclic) bond motifs is 1. The van der Waals surface area contributed by atoms with E-state index in [1.165, 1.54) is 0 Å². The fourth-order valence-electron chi connectivity index (χ4n) is 4.00. The van der Waals surface area contributed by atoms with Gasteiger partial charge < -0.3 is 10.3 Å². The fourth-order valence-corrected chi connectivity index (χ4v) is 4.00. The highest BCUT2D eigenvalue weighted by Crippen LogP contribution is 2.24. The maximum absolute atomic E-state index is 13.1. The predicted molar refractivity (Wildman–Crippen MR) is 111 cm³/mol. The van der Waals surface area contributed by atoms with E-state index in [9.17, 15) is 9.59 Å². The smallest absolute Gasteiger partial charge is 0.228 e. The van der Waals surface area contributed by atoms with Crippen molar-refractivity contribution in [2.75, 3.05) is 18.4 Å². The summed E-state index contributed by atoms with van der Waals surface area (Å²) in [6.07, 6.45) is 3.56. The first-order valence-electron chi connectivity index (χ1n) is 9.84. The van der Waals surface area contributed by atoms with Gasteiger partial charge in [-0.05, 0) is 44.5 Å². The Hall–Kier alpha value is -2.92. The van der Waals surface area contributed by atoms with Gasteiger partial charge in [-0.25, -0.2) is 0 Å². The number of piperidine rings is 1. The highest BCUT2D eigenvalue weighted by atomic mass is 16.2.